The van der Waals surface area contributed by atoms with Crippen molar-refractivity contribution in [2.45, 2.75) is 6.42 Å². The number of benzene rings is 1. The van der Waals surface area contributed by atoms with Gasteiger partial charge in [-0.25, -0.2) is 4.79 Å². The number of carboxylic acid groups (broad SMARTS) is 1. The van der Waals surface area contributed by atoms with Crippen LogP contribution in [0.15, 0.2) is 18.2 Å². The van der Waals surface area contributed by atoms with Crippen molar-refractivity contribution in [3.63, 3.8) is 0 Å². The highest BCUT2D eigenvalue weighted by Gasteiger charge is 2.28. The van der Waals surface area contributed by atoms with Crippen LogP contribution >= 0.6 is 0 Å². The molecule has 0 aliphatic carbocycles. The van der Waals surface area contributed by atoms with E-state index >= 15 is 0 Å². The van der Waals surface area contributed by atoms with Gasteiger partial charge in [0.1, 0.15) is 5.75 Å². The molecule has 0 spiro atoms. The number of hydrogen-bond donors (Lipinski definition) is 4. The van der Waals surface area contributed by atoms with E-state index in [0.29, 0.717) is 0 Å². The summed E-state index contributed by atoms with van der Waals surface area (Å²) in [5, 5.41) is 23.2. The largest absolute Gasteiger partial charge is 0.508 e. The Labute approximate surface area is 108 Å². The second-order valence-corrected chi connectivity index (χ2v) is 4.23. The lowest BCUT2D eigenvalue weighted by atomic mass is 10.1. The van der Waals surface area contributed by atoms with Crippen molar-refractivity contribution in [2.24, 2.45) is 5.92 Å². The van der Waals surface area contributed by atoms with Gasteiger partial charge in [0.25, 0.3) is 0 Å². The predicted octanol–water partition coefficient (Wildman–Crippen LogP) is 0.165. The number of carbonyl (C=O) groups is 3. The third-order valence-corrected chi connectivity index (χ3v) is 2.84. The van der Waals surface area contributed by atoms with E-state index in [-0.39, 0.29) is 35.9 Å². The van der Waals surface area contributed by atoms with E-state index in [1.807, 2.05) is 0 Å². The van der Waals surface area contributed by atoms with Gasteiger partial charge in [0.05, 0.1) is 17.2 Å². The molecule has 1 aromatic rings. The molecule has 4 N–H and O–H groups in total. The van der Waals surface area contributed by atoms with Gasteiger partial charge in [0, 0.05) is 13.0 Å². The second kappa shape index (κ2) is 4.97. The molecule has 0 aromatic heterocycles. The van der Waals surface area contributed by atoms with Crippen molar-refractivity contribution < 1.29 is 24.6 Å². The fourth-order valence-corrected chi connectivity index (χ4v) is 1.84. The molecule has 2 rings (SSSR count). The van der Waals surface area contributed by atoms with Gasteiger partial charge in [-0.2, -0.15) is 0 Å². The standard InChI is InChI=1S/C12H12N2O5/c15-7-1-2-9(8(4-7)12(18)19)14-11(17)6-3-10(16)13-5-6/h1-2,4,6,15H,3,5H2,(H,13,16)(H,14,17)(H,18,19). The van der Waals surface area contributed by atoms with Gasteiger partial charge in [-0.15, -0.1) is 0 Å². The Bertz CT molecular complexity index is 555. The van der Waals surface area contributed by atoms with Crippen LogP contribution in [0, 0.1) is 5.92 Å². The summed E-state index contributed by atoms with van der Waals surface area (Å²) in [5.41, 5.74) is -0.111. The first-order chi connectivity index (χ1) is 8.97. The Hall–Kier alpha value is -2.57. The summed E-state index contributed by atoms with van der Waals surface area (Å²) in [4.78, 5) is 33.9. The molecule has 0 bridgehead atoms. The molecule has 1 aliphatic heterocycles. The van der Waals surface area contributed by atoms with Gasteiger partial charge < -0.3 is 20.8 Å². The maximum atomic E-state index is 11.9. The Morgan fingerprint density at radius 2 is 2.11 bits per heavy atom. The maximum absolute atomic E-state index is 11.9. The minimum absolute atomic E-state index is 0.0896. The van der Waals surface area contributed by atoms with E-state index in [1.165, 1.54) is 12.1 Å². The zero-order chi connectivity index (χ0) is 14.0. The number of rotatable bonds is 3. The number of anilines is 1. The van der Waals surface area contributed by atoms with Crippen LogP contribution in [0.2, 0.25) is 0 Å². The van der Waals surface area contributed by atoms with Gasteiger partial charge in [0.15, 0.2) is 0 Å². The maximum Gasteiger partial charge on any atom is 0.337 e. The summed E-state index contributed by atoms with van der Waals surface area (Å²) in [6.07, 6.45) is 0.0896. The third-order valence-electron chi connectivity index (χ3n) is 2.84. The van der Waals surface area contributed by atoms with Gasteiger partial charge in [-0.05, 0) is 18.2 Å². The van der Waals surface area contributed by atoms with Crippen LogP contribution in [0.25, 0.3) is 0 Å². The Balaban J connectivity index is 2.17. The zero-order valence-electron chi connectivity index (χ0n) is 9.84. The second-order valence-electron chi connectivity index (χ2n) is 4.23. The molecule has 1 saturated heterocycles. The summed E-state index contributed by atoms with van der Waals surface area (Å²) >= 11 is 0. The fourth-order valence-electron chi connectivity index (χ4n) is 1.84. The first-order valence-electron chi connectivity index (χ1n) is 5.61. The van der Waals surface area contributed by atoms with Crippen LogP contribution in [-0.4, -0.2) is 34.5 Å². The molecule has 19 heavy (non-hydrogen) atoms. The number of aromatic hydroxyl groups is 1. The molecule has 1 atom stereocenters. The average molecular weight is 264 g/mol. The lowest BCUT2D eigenvalue weighted by Crippen LogP contribution is -2.25. The highest BCUT2D eigenvalue weighted by atomic mass is 16.4. The van der Waals surface area contributed by atoms with Crippen molar-refractivity contribution in [1.29, 1.82) is 0 Å². The van der Waals surface area contributed by atoms with Gasteiger partial charge in [-0.3, -0.25) is 9.59 Å². The van der Waals surface area contributed by atoms with Crippen LogP contribution in [0.1, 0.15) is 16.8 Å². The zero-order valence-corrected chi connectivity index (χ0v) is 9.84. The van der Waals surface area contributed by atoms with Crippen molar-refractivity contribution in [3.8, 4) is 5.75 Å². The molecule has 0 saturated carbocycles. The van der Waals surface area contributed by atoms with Crippen LogP contribution in [0.5, 0.6) is 5.75 Å². The van der Waals surface area contributed by atoms with E-state index in [2.05, 4.69) is 10.6 Å². The van der Waals surface area contributed by atoms with Gasteiger partial charge in [0.2, 0.25) is 11.8 Å². The molecule has 1 aliphatic rings. The topological polar surface area (TPSA) is 116 Å². The summed E-state index contributed by atoms with van der Waals surface area (Å²) < 4.78 is 0. The Morgan fingerprint density at radius 3 is 2.68 bits per heavy atom. The molecule has 100 valence electrons. The van der Waals surface area contributed by atoms with Gasteiger partial charge in [-0.1, -0.05) is 0 Å². The highest BCUT2D eigenvalue weighted by Crippen LogP contribution is 2.22. The van der Waals surface area contributed by atoms with Crippen LogP contribution < -0.4 is 10.6 Å². The third kappa shape index (κ3) is 2.82. The summed E-state index contributed by atoms with van der Waals surface area (Å²) in [6.45, 7) is 0.241. The molecule has 1 aromatic carbocycles. The van der Waals surface area contributed by atoms with Crippen LogP contribution in [0.3, 0.4) is 0 Å². The Kier molecular flexibility index (Phi) is 3.37. The minimum Gasteiger partial charge on any atom is -0.508 e. The number of amides is 2. The summed E-state index contributed by atoms with van der Waals surface area (Å²) in [6, 6.07) is 3.64. The van der Waals surface area contributed by atoms with Gasteiger partial charge >= 0.3 is 5.97 Å². The van der Waals surface area contributed by atoms with Crippen LogP contribution in [-0.2, 0) is 9.59 Å². The lowest BCUT2D eigenvalue weighted by molar-refractivity contribution is -0.123. The van der Waals surface area contributed by atoms with Crippen LogP contribution in [0.4, 0.5) is 5.69 Å². The SMILES string of the molecule is O=C1CC(C(=O)Nc2ccc(O)cc2C(=O)O)CN1. The van der Waals surface area contributed by atoms with Crippen molar-refractivity contribution in [2.75, 3.05) is 11.9 Å². The van der Waals surface area contributed by atoms with Crippen molar-refractivity contribution >= 4 is 23.5 Å². The molecule has 0 radical (unpaired) electrons. The Morgan fingerprint density at radius 1 is 1.37 bits per heavy atom. The van der Waals surface area contributed by atoms with E-state index < -0.39 is 17.8 Å². The molecular formula is C12H12N2O5. The van der Waals surface area contributed by atoms with E-state index in [1.54, 1.807) is 0 Å². The predicted molar refractivity (Wildman–Crippen MR) is 64.8 cm³/mol. The van der Waals surface area contributed by atoms with Crippen molar-refractivity contribution in [1.82, 2.24) is 5.32 Å². The number of phenols is 1. The number of phenolic OH excluding ortho intramolecular Hbond substituents is 1. The molecule has 7 nitrogen and oxygen atoms in total. The quantitative estimate of drug-likeness (QED) is 0.580. The van der Waals surface area contributed by atoms with E-state index in [0.717, 1.165) is 6.07 Å². The molecule has 2 amide bonds. The smallest absolute Gasteiger partial charge is 0.337 e. The fraction of sp³-hybridized carbons (Fsp3) is 0.250. The monoisotopic (exact) mass is 264 g/mol. The first-order valence-corrected chi connectivity index (χ1v) is 5.61. The molecule has 1 fully saturated rings. The highest BCUT2D eigenvalue weighted by molar-refractivity contribution is 6.03. The molecular weight excluding hydrogens is 252 g/mol. The minimum atomic E-state index is -1.26. The number of carbonyl (C=O) groups excluding carboxylic acids is 2. The van der Waals surface area contributed by atoms with E-state index in [9.17, 15) is 19.5 Å². The lowest BCUT2D eigenvalue weighted by Gasteiger charge is -2.11. The summed E-state index contributed by atoms with van der Waals surface area (Å²) in [5.74, 6) is -2.60. The van der Waals surface area contributed by atoms with E-state index in [4.69, 9.17) is 5.11 Å². The summed E-state index contributed by atoms with van der Waals surface area (Å²) in [7, 11) is 0. The number of aromatic carboxylic acids is 1. The molecule has 7 heteroatoms. The number of nitrogens with one attached hydrogen (secondary N) is 2. The van der Waals surface area contributed by atoms with Crippen molar-refractivity contribution in [3.05, 3.63) is 23.8 Å². The first kappa shape index (κ1) is 12.9. The number of hydrogen-bond acceptors (Lipinski definition) is 4. The molecule has 1 unspecified atom stereocenters. The number of carboxylic acids is 1. The average Bonchev–Trinajstić information content (AvgIpc) is 2.78. The molecule has 1 heterocycles. The normalized spacial score (nSPS) is 17.9.